The van der Waals surface area contributed by atoms with Crippen LogP contribution in [0.1, 0.15) is 18.2 Å². The highest BCUT2D eigenvalue weighted by Crippen LogP contribution is 2.22. The third-order valence-corrected chi connectivity index (χ3v) is 3.00. The molecule has 0 atom stereocenters. The maximum absolute atomic E-state index is 14.0. The molecule has 1 heterocycles. The van der Waals surface area contributed by atoms with Gasteiger partial charge < -0.3 is 10.0 Å². The summed E-state index contributed by atoms with van der Waals surface area (Å²) in [5, 5.41) is 8.99. The van der Waals surface area contributed by atoms with Crippen LogP contribution in [0.3, 0.4) is 0 Å². The Hall–Kier alpha value is -1.94. The number of aliphatic hydroxyl groups is 1. The van der Waals surface area contributed by atoms with Crippen LogP contribution in [0.2, 0.25) is 0 Å². The highest BCUT2D eigenvalue weighted by atomic mass is 19.1. The molecule has 3 nitrogen and oxygen atoms in total. The molecule has 4 heteroatoms. The number of hydrogen-bond donors (Lipinski definition) is 1. The van der Waals surface area contributed by atoms with Crippen molar-refractivity contribution in [3.8, 4) is 0 Å². The van der Waals surface area contributed by atoms with Gasteiger partial charge in [-0.1, -0.05) is 12.1 Å². The molecule has 0 bridgehead atoms. The summed E-state index contributed by atoms with van der Waals surface area (Å²) in [5.74, 6) is -0.315. The molecular formula is C15H17FN2O. The zero-order valence-corrected chi connectivity index (χ0v) is 10.9. The van der Waals surface area contributed by atoms with Crippen molar-refractivity contribution >= 4 is 5.69 Å². The minimum absolute atomic E-state index is 0.149. The summed E-state index contributed by atoms with van der Waals surface area (Å²) in [6, 6.07) is 10.5. The number of nitrogens with zero attached hydrogens (tertiary/aromatic N) is 2. The van der Waals surface area contributed by atoms with Gasteiger partial charge in [0.25, 0.3) is 0 Å². The third kappa shape index (κ3) is 3.29. The Labute approximate surface area is 112 Å². The van der Waals surface area contributed by atoms with Crippen molar-refractivity contribution in [3.05, 3.63) is 59.7 Å². The van der Waals surface area contributed by atoms with Crippen molar-refractivity contribution in [2.75, 3.05) is 11.4 Å². The second-order valence-electron chi connectivity index (χ2n) is 4.28. The van der Waals surface area contributed by atoms with Crippen molar-refractivity contribution < 1.29 is 9.50 Å². The van der Waals surface area contributed by atoms with Crippen molar-refractivity contribution in [3.63, 3.8) is 0 Å². The van der Waals surface area contributed by atoms with E-state index in [4.69, 9.17) is 5.11 Å². The Bertz CT molecular complexity index is 531. The Morgan fingerprint density at radius 2 is 2.11 bits per heavy atom. The number of hydrogen-bond acceptors (Lipinski definition) is 3. The summed E-state index contributed by atoms with van der Waals surface area (Å²) in [5.41, 5.74) is 2.01. The standard InChI is InChI=1S/C15H17FN2O/c1-2-18(10-13-5-3-4-8-17-13)15-7-6-12(11-19)9-14(15)16/h3-9,19H,2,10-11H2,1H3. The van der Waals surface area contributed by atoms with E-state index >= 15 is 0 Å². The van der Waals surface area contributed by atoms with E-state index in [1.165, 1.54) is 6.07 Å². The van der Waals surface area contributed by atoms with Crippen LogP contribution in [0.25, 0.3) is 0 Å². The molecular weight excluding hydrogens is 243 g/mol. The molecule has 0 saturated heterocycles. The first-order valence-electron chi connectivity index (χ1n) is 6.28. The van der Waals surface area contributed by atoms with Gasteiger partial charge in [-0.15, -0.1) is 0 Å². The van der Waals surface area contributed by atoms with Gasteiger partial charge in [0, 0.05) is 12.7 Å². The van der Waals surface area contributed by atoms with E-state index < -0.39 is 0 Å². The van der Waals surface area contributed by atoms with E-state index in [-0.39, 0.29) is 12.4 Å². The molecule has 0 fully saturated rings. The first-order chi connectivity index (χ1) is 9.24. The molecule has 0 spiro atoms. The molecule has 0 aliphatic rings. The van der Waals surface area contributed by atoms with Crippen molar-refractivity contribution in [1.29, 1.82) is 0 Å². The van der Waals surface area contributed by atoms with E-state index in [0.29, 0.717) is 24.3 Å². The monoisotopic (exact) mass is 260 g/mol. The predicted octanol–water partition coefficient (Wildman–Crippen LogP) is 2.74. The Balaban J connectivity index is 2.22. The average molecular weight is 260 g/mol. The first kappa shape index (κ1) is 13.5. The van der Waals surface area contributed by atoms with Gasteiger partial charge in [0.2, 0.25) is 0 Å². The molecule has 2 aromatic rings. The van der Waals surface area contributed by atoms with Crippen LogP contribution in [0, 0.1) is 5.82 Å². The second-order valence-corrected chi connectivity index (χ2v) is 4.28. The molecule has 0 saturated carbocycles. The van der Waals surface area contributed by atoms with E-state index in [9.17, 15) is 4.39 Å². The molecule has 1 N–H and O–H groups in total. The van der Waals surface area contributed by atoms with Gasteiger partial charge >= 0.3 is 0 Å². The highest BCUT2D eigenvalue weighted by molar-refractivity contribution is 5.49. The van der Waals surface area contributed by atoms with Crippen LogP contribution < -0.4 is 4.90 Å². The normalized spacial score (nSPS) is 10.5. The van der Waals surface area contributed by atoms with Crippen LogP contribution in [0.4, 0.5) is 10.1 Å². The predicted molar refractivity (Wildman–Crippen MR) is 73.3 cm³/mol. The summed E-state index contributed by atoms with van der Waals surface area (Å²) in [6.45, 7) is 3.07. The van der Waals surface area contributed by atoms with Crippen molar-refractivity contribution in [1.82, 2.24) is 4.98 Å². The summed E-state index contributed by atoms with van der Waals surface area (Å²) in [4.78, 5) is 6.17. The molecule has 0 unspecified atom stereocenters. The molecule has 19 heavy (non-hydrogen) atoms. The lowest BCUT2D eigenvalue weighted by molar-refractivity contribution is 0.281. The highest BCUT2D eigenvalue weighted by Gasteiger charge is 2.11. The molecule has 0 aliphatic carbocycles. The maximum Gasteiger partial charge on any atom is 0.146 e. The van der Waals surface area contributed by atoms with Crippen LogP contribution in [0.15, 0.2) is 42.6 Å². The number of rotatable bonds is 5. The minimum Gasteiger partial charge on any atom is -0.392 e. The van der Waals surface area contributed by atoms with Crippen LogP contribution >= 0.6 is 0 Å². The number of anilines is 1. The molecule has 2 rings (SSSR count). The topological polar surface area (TPSA) is 36.4 Å². The summed E-state index contributed by atoms with van der Waals surface area (Å²) < 4.78 is 14.0. The van der Waals surface area contributed by atoms with Gasteiger partial charge in [0.15, 0.2) is 0 Å². The Kier molecular flexibility index (Phi) is 4.47. The quantitative estimate of drug-likeness (QED) is 0.898. The van der Waals surface area contributed by atoms with Gasteiger partial charge in [-0.25, -0.2) is 4.39 Å². The van der Waals surface area contributed by atoms with Crippen molar-refractivity contribution in [2.45, 2.75) is 20.1 Å². The van der Waals surface area contributed by atoms with Crippen LogP contribution in [0.5, 0.6) is 0 Å². The van der Waals surface area contributed by atoms with Gasteiger partial charge in [-0.2, -0.15) is 0 Å². The Morgan fingerprint density at radius 3 is 2.68 bits per heavy atom. The van der Waals surface area contributed by atoms with Crippen LogP contribution in [-0.4, -0.2) is 16.6 Å². The van der Waals surface area contributed by atoms with E-state index in [2.05, 4.69) is 4.98 Å². The van der Waals surface area contributed by atoms with Gasteiger partial charge in [0.05, 0.1) is 24.5 Å². The number of benzene rings is 1. The van der Waals surface area contributed by atoms with Gasteiger partial charge in [-0.05, 0) is 36.8 Å². The largest absolute Gasteiger partial charge is 0.392 e. The average Bonchev–Trinajstić information content (AvgIpc) is 2.46. The van der Waals surface area contributed by atoms with E-state index in [0.717, 1.165) is 5.69 Å². The fourth-order valence-electron chi connectivity index (χ4n) is 1.96. The zero-order valence-electron chi connectivity index (χ0n) is 10.9. The van der Waals surface area contributed by atoms with E-state index in [1.807, 2.05) is 30.0 Å². The first-order valence-corrected chi connectivity index (χ1v) is 6.28. The third-order valence-electron chi connectivity index (χ3n) is 3.00. The molecule has 0 aliphatic heterocycles. The SMILES string of the molecule is CCN(Cc1ccccn1)c1ccc(CO)cc1F. The summed E-state index contributed by atoms with van der Waals surface area (Å²) in [6.07, 6.45) is 1.73. The minimum atomic E-state index is -0.315. The zero-order chi connectivity index (χ0) is 13.7. The molecule has 100 valence electrons. The number of aromatic nitrogens is 1. The molecule has 1 aromatic heterocycles. The molecule has 1 aromatic carbocycles. The second kappa shape index (κ2) is 6.29. The molecule has 0 radical (unpaired) electrons. The van der Waals surface area contributed by atoms with E-state index in [1.54, 1.807) is 18.3 Å². The smallest absolute Gasteiger partial charge is 0.146 e. The van der Waals surface area contributed by atoms with Crippen molar-refractivity contribution in [2.24, 2.45) is 0 Å². The number of aliphatic hydroxyl groups excluding tert-OH is 1. The lowest BCUT2D eigenvalue weighted by atomic mass is 10.2. The lowest BCUT2D eigenvalue weighted by Gasteiger charge is -2.23. The fourth-order valence-corrected chi connectivity index (χ4v) is 1.96. The summed E-state index contributed by atoms with van der Waals surface area (Å²) >= 11 is 0. The number of halogens is 1. The van der Waals surface area contributed by atoms with Gasteiger partial charge in [0.1, 0.15) is 5.82 Å². The maximum atomic E-state index is 14.0. The van der Waals surface area contributed by atoms with Gasteiger partial charge in [-0.3, -0.25) is 4.98 Å². The van der Waals surface area contributed by atoms with Crippen LogP contribution in [-0.2, 0) is 13.2 Å². The lowest BCUT2D eigenvalue weighted by Crippen LogP contribution is -2.23. The fraction of sp³-hybridized carbons (Fsp3) is 0.267. The molecule has 0 amide bonds. The number of pyridine rings is 1. The Morgan fingerprint density at radius 1 is 1.26 bits per heavy atom. The summed E-state index contributed by atoms with van der Waals surface area (Å²) in [7, 11) is 0.